The number of aromatic nitrogens is 2. The van der Waals surface area contributed by atoms with E-state index in [0.29, 0.717) is 17.9 Å². The van der Waals surface area contributed by atoms with Gasteiger partial charge >= 0.3 is 0 Å². The van der Waals surface area contributed by atoms with Crippen LogP contribution in [0.5, 0.6) is 0 Å². The summed E-state index contributed by atoms with van der Waals surface area (Å²) in [5.74, 6) is 1.48. The Morgan fingerprint density at radius 2 is 1.84 bits per heavy atom. The molecule has 1 N–H and O–H groups in total. The molecule has 0 spiro atoms. The van der Waals surface area contributed by atoms with Crippen LogP contribution in [0.4, 0.5) is 5.82 Å². The first-order valence-corrected chi connectivity index (χ1v) is 8.64. The number of carbonyl (C=O) groups is 1. The van der Waals surface area contributed by atoms with E-state index in [0.717, 1.165) is 29.7 Å². The summed E-state index contributed by atoms with van der Waals surface area (Å²) in [6, 6.07) is 15.6. The highest BCUT2D eigenvalue weighted by Crippen LogP contribution is 2.19. The highest BCUT2D eigenvalue weighted by Gasteiger charge is 2.15. The van der Waals surface area contributed by atoms with Crippen LogP contribution in [0.25, 0.3) is 10.8 Å². The van der Waals surface area contributed by atoms with Crippen molar-refractivity contribution in [2.75, 3.05) is 18.0 Å². The predicted molar refractivity (Wildman–Crippen MR) is 98.6 cm³/mol. The quantitative estimate of drug-likeness (QED) is 0.797. The molecule has 1 aliphatic heterocycles. The Bertz CT molecular complexity index is 898. The first-order valence-electron chi connectivity index (χ1n) is 8.64. The Balaban J connectivity index is 1.49. The standard InChI is InChI=1S/C20H20N4O/c25-20(17-9-5-7-15-6-1-2-8-16(15)17)22-14-18-21-11-10-19(23-18)24-12-3-4-13-24/h1-2,5-11H,3-4,12-14H2,(H,22,25). The normalized spacial score (nSPS) is 14.0. The number of amides is 1. The zero-order chi connectivity index (χ0) is 17.1. The van der Waals surface area contributed by atoms with Crippen LogP contribution in [0.15, 0.2) is 54.7 Å². The molecule has 25 heavy (non-hydrogen) atoms. The van der Waals surface area contributed by atoms with Crippen molar-refractivity contribution >= 4 is 22.5 Å². The van der Waals surface area contributed by atoms with Crippen LogP contribution >= 0.6 is 0 Å². The maximum atomic E-state index is 12.6. The highest BCUT2D eigenvalue weighted by atomic mass is 16.1. The van der Waals surface area contributed by atoms with Gasteiger partial charge in [-0.3, -0.25) is 4.79 Å². The molecule has 3 aromatic rings. The molecular formula is C20H20N4O. The van der Waals surface area contributed by atoms with Crippen molar-refractivity contribution in [3.05, 3.63) is 66.1 Å². The fourth-order valence-electron chi connectivity index (χ4n) is 3.27. The lowest BCUT2D eigenvalue weighted by molar-refractivity contribution is 0.0951. The smallest absolute Gasteiger partial charge is 0.252 e. The number of fused-ring (bicyclic) bond motifs is 1. The van der Waals surface area contributed by atoms with Crippen LogP contribution in [0.3, 0.4) is 0 Å². The molecule has 1 amide bonds. The molecule has 1 saturated heterocycles. The third-order valence-corrected chi connectivity index (χ3v) is 4.56. The molecule has 0 saturated carbocycles. The second kappa shape index (κ2) is 6.89. The number of nitrogens with zero attached hydrogens (tertiary/aromatic N) is 3. The van der Waals surface area contributed by atoms with E-state index in [1.807, 2.05) is 48.5 Å². The van der Waals surface area contributed by atoms with Crippen LogP contribution < -0.4 is 10.2 Å². The lowest BCUT2D eigenvalue weighted by Crippen LogP contribution is -2.25. The summed E-state index contributed by atoms with van der Waals surface area (Å²) in [4.78, 5) is 23.7. The average Bonchev–Trinajstić information content (AvgIpc) is 3.21. The van der Waals surface area contributed by atoms with Crippen LogP contribution in [-0.4, -0.2) is 29.0 Å². The Hall–Kier alpha value is -2.95. The van der Waals surface area contributed by atoms with Gasteiger partial charge < -0.3 is 10.2 Å². The van der Waals surface area contributed by atoms with Crippen molar-refractivity contribution < 1.29 is 4.79 Å². The monoisotopic (exact) mass is 332 g/mol. The van der Waals surface area contributed by atoms with Gasteiger partial charge in [0.2, 0.25) is 0 Å². The van der Waals surface area contributed by atoms with E-state index in [9.17, 15) is 4.79 Å². The average molecular weight is 332 g/mol. The van der Waals surface area contributed by atoms with Gasteiger partial charge in [-0.2, -0.15) is 0 Å². The van der Waals surface area contributed by atoms with Crippen molar-refractivity contribution in [2.24, 2.45) is 0 Å². The fourth-order valence-corrected chi connectivity index (χ4v) is 3.27. The maximum Gasteiger partial charge on any atom is 0.252 e. The molecule has 0 bridgehead atoms. The second-order valence-electron chi connectivity index (χ2n) is 6.23. The molecule has 1 aromatic heterocycles. The highest BCUT2D eigenvalue weighted by molar-refractivity contribution is 6.06. The van der Waals surface area contributed by atoms with Crippen LogP contribution in [0, 0.1) is 0 Å². The van der Waals surface area contributed by atoms with E-state index < -0.39 is 0 Å². The topological polar surface area (TPSA) is 58.1 Å². The number of carbonyl (C=O) groups excluding carboxylic acids is 1. The van der Waals surface area contributed by atoms with Crippen LogP contribution in [-0.2, 0) is 6.54 Å². The van der Waals surface area contributed by atoms with Gasteiger partial charge in [-0.15, -0.1) is 0 Å². The molecular weight excluding hydrogens is 312 g/mol. The van der Waals surface area contributed by atoms with Gasteiger partial charge in [0.1, 0.15) is 11.6 Å². The van der Waals surface area contributed by atoms with E-state index in [-0.39, 0.29) is 5.91 Å². The fraction of sp³-hybridized carbons (Fsp3) is 0.250. The Kier molecular flexibility index (Phi) is 4.29. The number of benzene rings is 2. The van der Waals surface area contributed by atoms with E-state index in [1.54, 1.807) is 6.20 Å². The molecule has 5 nitrogen and oxygen atoms in total. The molecule has 2 aromatic carbocycles. The summed E-state index contributed by atoms with van der Waals surface area (Å²) >= 11 is 0. The van der Waals surface area contributed by atoms with E-state index >= 15 is 0 Å². The minimum absolute atomic E-state index is 0.105. The molecule has 5 heteroatoms. The molecule has 1 aliphatic rings. The minimum atomic E-state index is -0.105. The summed E-state index contributed by atoms with van der Waals surface area (Å²) in [7, 11) is 0. The minimum Gasteiger partial charge on any atom is -0.357 e. The zero-order valence-corrected chi connectivity index (χ0v) is 14.0. The summed E-state index contributed by atoms with van der Waals surface area (Å²) < 4.78 is 0. The van der Waals surface area contributed by atoms with Crippen molar-refractivity contribution in [1.82, 2.24) is 15.3 Å². The van der Waals surface area contributed by atoms with Crippen LogP contribution in [0.1, 0.15) is 29.0 Å². The van der Waals surface area contributed by atoms with Gasteiger partial charge in [0.05, 0.1) is 6.54 Å². The second-order valence-corrected chi connectivity index (χ2v) is 6.23. The Morgan fingerprint density at radius 3 is 2.72 bits per heavy atom. The molecule has 2 heterocycles. The molecule has 126 valence electrons. The maximum absolute atomic E-state index is 12.6. The summed E-state index contributed by atoms with van der Waals surface area (Å²) in [6.45, 7) is 2.40. The lowest BCUT2D eigenvalue weighted by atomic mass is 10.0. The number of nitrogens with one attached hydrogen (secondary N) is 1. The van der Waals surface area contributed by atoms with Gasteiger partial charge in [-0.25, -0.2) is 9.97 Å². The largest absolute Gasteiger partial charge is 0.357 e. The third-order valence-electron chi connectivity index (χ3n) is 4.56. The van der Waals surface area contributed by atoms with Crippen LogP contribution in [0.2, 0.25) is 0 Å². The number of hydrogen-bond donors (Lipinski definition) is 1. The van der Waals surface area contributed by atoms with Gasteiger partial charge in [0, 0.05) is 24.8 Å². The summed E-state index contributed by atoms with van der Waals surface area (Å²) in [5, 5.41) is 4.95. The van der Waals surface area contributed by atoms with E-state index in [4.69, 9.17) is 0 Å². The number of rotatable bonds is 4. The van der Waals surface area contributed by atoms with E-state index in [2.05, 4.69) is 20.2 Å². The van der Waals surface area contributed by atoms with E-state index in [1.165, 1.54) is 12.8 Å². The first-order chi connectivity index (χ1) is 12.3. The third kappa shape index (κ3) is 3.31. The predicted octanol–water partition coefficient (Wildman–Crippen LogP) is 3.16. The van der Waals surface area contributed by atoms with Crippen molar-refractivity contribution in [2.45, 2.75) is 19.4 Å². The van der Waals surface area contributed by atoms with Gasteiger partial charge in [-0.05, 0) is 35.7 Å². The SMILES string of the molecule is O=C(NCc1nccc(N2CCCC2)n1)c1cccc2ccccc12. The van der Waals surface area contributed by atoms with Crippen molar-refractivity contribution in [1.29, 1.82) is 0 Å². The Labute approximate surface area is 146 Å². The number of hydrogen-bond acceptors (Lipinski definition) is 4. The molecule has 0 radical (unpaired) electrons. The van der Waals surface area contributed by atoms with Gasteiger partial charge in [0.15, 0.2) is 0 Å². The van der Waals surface area contributed by atoms with Gasteiger partial charge in [0.25, 0.3) is 5.91 Å². The summed E-state index contributed by atoms with van der Waals surface area (Å²) in [6.07, 6.45) is 4.17. The molecule has 0 unspecified atom stereocenters. The molecule has 4 rings (SSSR count). The molecule has 1 fully saturated rings. The first kappa shape index (κ1) is 15.6. The summed E-state index contributed by atoms with van der Waals surface area (Å²) in [5.41, 5.74) is 0.675. The van der Waals surface area contributed by atoms with Crippen molar-refractivity contribution in [3.63, 3.8) is 0 Å². The molecule has 0 aliphatic carbocycles. The van der Waals surface area contributed by atoms with Gasteiger partial charge in [-0.1, -0.05) is 36.4 Å². The number of anilines is 1. The lowest BCUT2D eigenvalue weighted by Gasteiger charge is -2.16. The molecule has 0 atom stereocenters. The zero-order valence-electron chi connectivity index (χ0n) is 14.0. The van der Waals surface area contributed by atoms with Crippen molar-refractivity contribution in [3.8, 4) is 0 Å². The Morgan fingerprint density at radius 1 is 1.04 bits per heavy atom.